The lowest BCUT2D eigenvalue weighted by Crippen LogP contribution is -2.35. The van der Waals surface area contributed by atoms with Crippen molar-refractivity contribution in [3.63, 3.8) is 0 Å². The highest BCUT2D eigenvalue weighted by Gasteiger charge is 2.39. The number of aliphatic hydroxyl groups is 2. The Morgan fingerprint density at radius 3 is 2.55 bits per heavy atom. The molecule has 0 saturated heterocycles. The van der Waals surface area contributed by atoms with Crippen molar-refractivity contribution in [1.82, 2.24) is 14.6 Å². The number of hydrogen-bond donors (Lipinski definition) is 3. The zero-order chi connectivity index (χ0) is 21.4. The quantitative estimate of drug-likeness (QED) is 0.459. The van der Waals surface area contributed by atoms with Crippen LogP contribution in [-0.4, -0.2) is 43.1 Å². The fraction of sp³-hybridized carbons (Fsp3) is 0.250. The standard InChI is InChI=1S/C24H24N4O3/c1-15-13-19(24(30)23(15)29)26-21-11-12-25-22-14-18(27-28(21)22)17-9-5-6-10-20(17)31-16-7-3-2-4-8-16/h2-12,14-15,19,23-24,26,29-30H,13H2,1H3/t15-,19-,23-,24+/m1/s1. The van der Waals surface area contributed by atoms with Gasteiger partial charge >= 0.3 is 0 Å². The van der Waals surface area contributed by atoms with Crippen molar-refractivity contribution in [2.24, 2.45) is 5.92 Å². The van der Waals surface area contributed by atoms with Crippen molar-refractivity contribution in [3.05, 3.63) is 72.9 Å². The number of benzene rings is 2. The predicted octanol–water partition coefficient (Wildman–Crippen LogP) is 3.73. The summed E-state index contributed by atoms with van der Waals surface area (Å²) in [5.41, 5.74) is 2.26. The zero-order valence-corrected chi connectivity index (χ0v) is 17.1. The van der Waals surface area contributed by atoms with E-state index in [4.69, 9.17) is 9.84 Å². The summed E-state index contributed by atoms with van der Waals surface area (Å²) in [6.45, 7) is 1.94. The molecule has 1 saturated carbocycles. The number of aromatic nitrogens is 3. The van der Waals surface area contributed by atoms with E-state index >= 15 is 0 Å². The molecule has 1 aliphatic rings. The molecule has 0 unspecified atom stereocenters. The summed E-state index contributed by atoms with van der Waals surface area (Å²) < 4.78 is 7.81. The molecular weight excluding hydrogens is 392 g/mol. The first-order chi connectivity index (χ1) is 15.1. The van der Waals surface area contributed by atoms with Gasteiger partial charge in [-0.1, -0.05) is 37.3 Å². The van der Waals surface area contributed by atoms with Crippen LogP contribution >= 0.6 is 0 Å². The molecule has 2 aromatic carbocycles. The second kappa shape index (κ2) is 8.02. The lowest BCUT2D eigenvalue weighted by atomic mass is 10.1. The second-order valence-electron chi connectivity index (χ2n) is 7.99. The fourth-order valence-electron chi connectivity index (χ4n) is 4.11. The van der Waals surface area contributed by atoms with Crippen LogP contribution in [0, 0.1) is 5.92 Å². The monoisotopic (exact) mass is 416 g/mol. The largest absolute Gasteiger partial charge is 0.457 e. The number of anilines is 1. The molecule has 0 bridgehead atoms. The third-order valence-corrected chi connectivity index (χ3v) is 5.80. The lowest BCUT2D eigenvalue weighted by molar-refractivity contribution is 0.0210. The van der Waals surface area contributed by atoms with Crippen LogP contribution < -0.4 is 10.1 Å². The highest BCUT2D eigenvalue weighted by Crippen LogP contribution is 2.34. The molecule has 158 valence electrons. The van der Waals surface area contributed by atoms with Crippen LogP contribution in [0.25, 0.3) is 16.9 Å². The van der Waals surface area contributed by atoms with Gasteiger partial charge < -0.3 is 20.3 Å². The van der Waals surface area contributed by atoms with Gasteiger partial charge in [-0.25, -0.2) is 4.98 Å². The van der Waals surface area contributed by atoms with Gasteiger partial charge in [-0.05, 0) is 42.7 Å². The summed E-state index contributed by atoms with van der Waals surface area (Å²) in [5, 5.41) is 28.5. The van der Waals surface area contributed by atoms with E-state index < -0.39 is 12.2 Å². The number of nitrogens with one attached hydrogen (secondary N) is 1. The number of fused-ring (bicyclic) bond motifs is 1. The smallest absolute Gasteiger partial charge is 0.157 e. The van der Waals surface area contributed by atoms with Crippen LogP contribution in [0.5, 0.6) is 11.5 Å². The fourth-order valence-corrected chi connectivity index (χ4v) is 4.11. The first-order valence-corrected chi connectivity index (χ1v) is 10.4. The summed E-state index contributed by atoms with van der Waals surface area (Å²) in [6.07, 6.45) is 0.823. The molecule has 7 nitrogen and oxygen atoms in total. The number of ether oxygens (including phenoxy) is 1. The van der Waals surface area contributed by atoms with Crippen molar-refractivity contribution in [2.45, 2.75) is 31.6 Å². The molecular formula is C24H24N4O3. The lowest BCUT2D eigenvalue weighted by Gasteiger charge is -2.19. The number of hydrogen-bond acceptors (Lipinski definition) is 6. The van der Waals surface area contributed by atoms with Gasteiger partial charge in [0.25, 0.3) is 0 Å². The van der Waals surface area contributed by atoms with Gasteiger partial charge in [0.15, 0.2) is 5.65 Å². The number of aliphatic hydroxyl groups excluding tert-OH is 2. The molecule has 0 radical (unpaired) electrons. The average molecular weight is 416 g/mol. The Balaban J connectivity index is 1.48. The minimum atomic E-state index is -0.826. The maximum Gasteiger partial charge on any atom is 0.157 e. The summed E-state index contributed by atoms with van der Waals surface area (Å²) in [7, 11) is 0. The summed E-state index contributed by atoms with van der Waals surface area (Å²) in [5.74, 6) is 2.19. The Kier molecular flexibility index (Phi) is 5.05. The van der Waals surface area contributed by atoms with Gasteiger partial charge in [-0.15, -0.1) is 0 Å². The summed E-state index contributed by atoms with van der Waals surface area (Å²) in [4.78, 5) is 4.43. The Bertz CT molecular complexity index is 1190. The van der Waals surface area contributed by atoms with Gasteiger partial charge in [0.2, 0.25) is 0 Å². The van der Waals surface area contributed by atoms with Crippen LogP contribution in [0.4, 0.5) is 5.82 Å². The van der Waals surface area contributed by atoms with Crippen LogP contribution in [0.1, 0.15) is 13.3 Å². The second-order valence-corrected chi connectivity index (χ2v) is 7.99. The SMILES string of the molecule is C[C@@H]1C[C@@H](Nc2ccnc3cc(-c4ccccc4Oc4ccccc4)nn23)[C@H](O)[C@@H]1O. The molecule has 1 aliphatic carbocycles. The molecule has 2 aromatic heterocycles. The van der Waals surface area contributed by atoms with E-state index in [2.05, 4.69) is 10.3 Å². The van der Waals surface area contributed by atoms with E-state index in [-0.39, 0.29) is 12.0 Å². The molecule has 0 spiro atoms. The Morgan fingerprint density at radius 2 is 1.77 bits per heavy atom. The normalized spacial score (nSPS) is 23.2. The molecule has 7 heteroatoms. The molecule has 0 amide bonds. The van der Waals surface area contributed by atoms with Crippen molar-refractivity contribution < 1.29 is 14.9 Å². The summed E-state index contributed by atoms with van der Waals surface area (Å²) >= 11 is 0. The van der Waals surface area contributed by atoms with Crippen LogP contribution in [0.15, 0.2) is 72.9 Å². The highest BCUT2D eigenvalue weighted by molar-refractivity contribution is 5.71. The number of nitrogens with zero attached hydrogens (tertiary/aromatic N) is 3. The van der Waals surface area contributed by atoms with Gasteiger partial charge in [-0.2, -0.15) is 9.61 Å². The zero-order valence-electron chi connectivity index (χ0n) is 17.1. The van der Waals surface area contributed by atoms with E-state index in [1.807, 2.05) is 73.7 Å². The molecule has 3 N–H and O–H groups in total. The van der Waals surface area contributed by atoms with Crippen molar-refractivity contribution in [1.29, 1.82) is 0 Å². The van der Waals surface area contributed by atoms with Crippen molar-refractivity contribution in [3.8, 4) is 22.8 Å². The Labute approximate surface area is 180 Å². The molecule has 31 heavy (non-hydrogen) atoms. The van der Waals surface area contributed by atoms with E-state index in [1.54, 1.807) is 10.7 Å². The van der Waals surface area contributed by atoms with Gasteiger partial charge in [-0.3, -0.25) is 0 Å². The third-order valence-electron chi connectivity index (χ3n) is 5.80. The predicted molar refractivity (Wildman–Crippen MR) is 118 cm³/mol. The van der Waals surface area contributed by atoms with Crippen LogP contribution in [-0.2, 0) is 0 Å². The minimum Gasteiger partial charge on any atom is -0.457 e. The average Bonchev–Trinajstić information content (AvgIpc) is 3.33. The van der Waals surface area contributed by atoms with Crippen LogP contribution in [0.2, 0.25) is 0 Å². The first-order valence-electron chi connectivity index (χ1n) is 10.4. The molecule has 2 heterocycles. The molecule has 4 aromatic rings. The number of rotatable bonds is 5. The van der Waals surface area contributed by atoms with E-state index in [9.17, 15) is 10.2 Å². The van der Waals surface area contributed by atoms with E-state index in [0.29, 0.717) is 23.6 Å². The van der Waals surface area contributed by atoms with Gasteiger partial charge in [0.05, 0.1) is 17.8 Å². The molecule has 1 fully saturated rings. The Hall–Kier alpha value is -3.42. The van der Waals surface area contributed by atoms with Crippen molar-refractivity contribution >= 4 is 11.5 Å². The summed E-state index contributed by atoms with van der Waals surface area (Å²) in [6, 6.07) is 20.8. The molecule has 4 atom stereocenters. The maximum atomic E-state index is 10.3. The van der Waals surface area contributed by atoms with E-state index in [1.165, 1.54) is 0 Å². The molecule has 5 rings (SSSR count). The van der Waals surface area contributed by atoms with Gasteiger partial charge in [0.1, 0.15) is 23.4 Å². The third kappa shape index (κ3) is 3.73. The van der Waals surface area contributed by atoms with Crippen molar-refractivity contribution in [2.75, 3.05) is 5.32 Å². The first kappa shape index (κ1) is 19.5. The minimum absolute atomic E-state index is 0.0278. The highest BCUT2D eigenvalue weighted by atomic mass is 16.5. The van der Waals surface area contributed by atoms with Crippen LogP contribution in [0.3, 0.4) is 0 Å². The molecule has 0 aliphatic heterocycles. The maximum absolute atomic E-state index is 10.3. The van der Waals surface area contributed by atoms with E-state index in [0.717, 1.165) is 17.0 Å². The topological polar surface area (TPSA) is 91.9 Å². The Morgan fingerprint density at radius 1 is 1.00 bits per heavy atom. The van der Waals surface area contributed by atoms with Gasteiger partial charge in [0, 0.05) is 17.8 Å². The number of para-hydroxylation sites is 2.